The minimum atomic E-state index is -0.514. The van der Waals surface area contributed by atoms with E-state index >= 15 is 0 Å². The summed E-state index contributed by atoms with van der Waals surface area (Å²) in [5.41, 5.74) is 6.98. The maximum absolute atomic E-state index is 12.6. The molecule has 0 bridgehead atoms. The topological polar surface area (TPSA) is 61.5 Å². The Kier molecular flexibility index (Phi) is 5.42. The summed E-state index contributed by atoms with van der Waals surface area (Å²) in [5, 5.41) is 0. The molecule has 0 heterocycles. The lowest BCUT2D eigenvalue weighted by Crippen LogP contribution is -2.27. The van der Waals surface area contributed by atoms with E-state index in [9.17, 15) is 4.79 Å². The number of anilines is 1. The number of carbonyl (C=O) groups excluding carboxylic acids is 1. The highest BCUT2D eigenvalue weighted by Gasteiger charge is 2.21. The molecule has 1 unspecified atom stereocenters. The highest BCUT2D eigenvalue weighted by molar-refractivity contribution is 5.99. The molecule has 2 N–H and O–H groups in total. The number of benzene rings is 2. The lowest BCUT2D eigenvalue weighted by atomic mass is 10.0. The van der Waals surface area contributed by atoms with Crippen molar-refractivity contribution in [1.29, 1.82) is 0 Å². The molecule has 116 valence electrons. The van der Waals surface area contributed by atoms with Gasteiger partial charge >= 0.3 is 0 Å². The van der Waals surface area contributed by atoms with E-state index in [2.05, 4.69) is 0 Å². The Labute approximate surface area is 130 Å². The summed E-state index contributed by atoms with van der Waals surface area (Å²) in [4.78, 5) is 12.6. The molecule has 4 heteroatoms. The molecule has 0 spiro atoms. The molecule has 4 nitrogen and oxygen atoms in total. The van der Waals surface area contributed by atoms with Crippen molar-refractivity contribution < 1.29 is 14.3 Å². The van der Waals surface area contributed by atoms with Crippen molar-refractivity contribution in [3.63, 3.8) is 0 Å². The molecule has 0 fully saturated rings. The molecule has 0 aliphatic rings. The lowest BCUT2D eigenvalue weighted by molar-refractivity contribution is 0.0777. The zero-order valence-electron chi connectivity index (χ0n) is 12.9. The number of nitrogens with two attached hydrogens (primary N) is 1. The van der Waals surface area contributed by atoms with Crippen molar-refractivity contribution in [3.05, 3.63) is 54.1 Å². The number of hydrogen-bond donors (Lipinski definition) is 1. The smallest absolute Gasteiger partial charge is 0.203 e. The molecule has 0 aromatic heterocycles. The Morgan fingerprint density at radius 1 is 1.14 bits per heavy atom. The Balaban J connectivity index is 2.16. The first-order valence-electron chi connectivity index (χ1n) is 7.34. The van der Waals surface area contributed by atoms with Crippen LogP contribution in [0.5, 0.6) is 11.5 Å². The molecule has 0 radical (unpaired) electrons. The third-order valence-electron chi connectivity index (χ3n) is 3.35. The van der Waals surface area contributed by atoms with Crippen molar-refractivity contribution >= 4 is 11.5 Å². The summed E-state index contributed by atoms with van der Waals surface area (Å²) in [6.07, 6.45) is 0.995. The van der Waals surface area contributed by atoms with Gasteiger partial charge in [-0.3, -0.25) is 4.79 Å². The van der Waals surface area contributed by atoms with Crippen LogP contribution < -0.4 is 15.2 Å². The fourth-order valence-corrected chi connectivity index (χ4v) is 2.20. The van der Waals surface area contributed by atoms with E-state index in [1.165, 1.54) is 0 Å². The highest BCUT2D eigenvalue weighted by atomic mass is 16.5. The van der Waals surface area contributed by atoms with Gasteiger partial charge in [0.25, 0.3) is 0 Å². The Morgan fingerprint density at radius 3 is 2.45 bits per heavy atom. The number of Topliss-reactive ketones (excluding diaryl/α,β-unsaturated/α-hetero) is 1. The third-order valence-corrected chi connectivity index (χ3v) is 3.35. The van der Waals surface area contributed by atoms with Gasteiger partial charge < -0.3 is 15.2 Å². The Bertz CT molecular complexity index is 622. The van der Waals surface area contributed by atoms with Crippen molar-refractivity contribution in [2.24, 2.45) is 0 Å². The second kappa shape index (κ2) is 7.50. The monoisotopic (exact) mass is 299 g/mol. The minimum absolute atomic E-state index is 0.0353. The molecule has 0 saturated carbocycles. The molecular weight excluding hydrogens is 278 g/mol. The zero-order valence-corrected chi connectivity index (χ0v) is 12.9. The first-order valence-corrected chi connectivity index (χ1v) is 7.34. The SMILES string of the molecule is CCCC(Oc1cccc(N)c1)C(=O)c1ccc(OC)cc1. The van der Waals surface area contributed by atoms with E-state index < -0.39 is 6.10 Å². The fourth-order valence-electron chi connectivity index (χ4n) is 2.20. The van der Waals surface area contributed by atoms with Gasteiger partial charge in [0, 0.05) is 17.3 Å². The predicted molar refractivity (Wildman–Crippen MR) is 87.5 cm³/mol. The molecule has 22 heavy (non-hydrogen) atoms. The van der Waals surface area contributed by atoms with Crippen LogP contribution in [-0.4, -0.2) is 19.0 Å². The quantitative estimate of drug-likeness (QED) is 0.625. The van der Waals surface area contributed by atoms with Gasteiger partial charge in [0.05, 0.1) is 7.11 Å². The number of hydrogen-bond acceptors (Lipinski definition) is 4. The Hall–Kier alpha value is -2.49. The largest absolute Gasteiger partial charge is 0.497 e. The standard InChI is InChI=1S/C18H21NO3/c1-3-5-17(22-16-7-4-6-14(19)12-16)18(20)13-8-10-15(21-2)11-9-13/h4,6-12,17H,3,5,19H2,1-2H3. The average molecular weight is 299 g/mol. The van der Waals surface area contributed by atoms with Gasteiger partial charge in [0.15, 0.2) is 6.10 Å². The molecule has 2 aromatic carbocycles. The maximum Gasteiger partial charge on any atom is 0.203 e. The average Bonchev–Trinajstić information content (AvgIpc) is 2.54. The van der Waals surface area contributed by atoms with Gasteiger partial charge in [-0.1, -0.05) is 19.4 Å². The lowest BCUT2D eigenvalue weighted by Gasteiger charge is -2.18. The molecule has 0 amide bonds. The van der Waals surface area contributed by atoms with E-state index in [-0.39, 0.29) is 5.78 Å². The van der Waals surface area contributed by atoms with Gasteiger partial charge in [-0.05, 0) is 42.8 Å². The van der Waals surface area contributed by atoms with Gasteiger partial charge in [-0.25, -0.2) is 0 Å². The van der Waals surface area contributed by atoms with Crippen LogP contribution in [0.25, 0.3) is 0 Å². The molecular formula is C18H21NO3. The highest BCUT2D eigenvalue weighted by Crippen LogP contribution is 2.21. The van der Waals surface area contributed by atoms with E-state index in [4.69, 9.17) is 15.2 Å². The third kappa shape index (κ3) is 4.01. The molecule has 2 rings (SSSR count). The normalized spacial score (nSPS) is 11.7. The van der Waals surface area contributed by atoms with Crippen LogP contribution >= 0.6 is 0 Å². The Morgan fingerprint density at radius 2 is 1.86 bits per heavy atom. The second-order valence-electron chi connectivity index (χ2n) is 5.06. The van der Waals surface area contributed by atoms with E-state index in [0.717, 1.165) is 12.2 Å². The van der Waals surface area contributed by atoms with E-state index in [1.54, 1.807) is 49.6 Å². The summed E-state index contributed by atoms with van der Waals surface area (Å²) in [6, 6.07) is 14.2. The second-order valence-corrected chi connectivity index (χ2v) is 5.06. The van der Waals surface area contributed by atoms with Gasteiger partial charge in [0.1, 0.15) is 11.5 Å². The van der Waals surface area contributed by atoms with E-state index in [1.807, 2.05) is 13.0 Å². The van der Waals surface area contributed by atoms with Crippen LogP contribution in [0.2, 0.25) is 0 Å². The number of carbonyl (C=O) groups is 1. The number of methoxy groups -OCH3 is 1. The van der Waals surface area contributed by atoms with Crippen molar-refractivity contribution in [1.82, 2.24) is 0 Å². The molecule has 2 aromatic rings. The zero-order chi connectivity index (χ0) is 15.9. The summed E-state index contributed by atoms with van der Waals surface area (Å²) in [7, 11) is 1.60. The van der Waals surface area contributed by atoms with Crippen molar-refractivity contribution in [2.45, 2.75) is 25.9 Å². The van der Waals surface area contributed by atoms with Crippen molar-refractivity contribution in [3.8, 4) is 11.5 Å². The van der Waals surface area contributed by atoms with Gasteiger partial charge in [-0.15, -0.1) is 0 Å². The number of ketones is 1. The molecule has 0 saturated heterocycles. The number of nitrogen functional groups attached to an aromatic ring is 1. The van der Waals surface area contributed by atoms with Crippen molar-refractivity contribution in [2.75, 3.05) is 12.8 Å². The van der Waals surface area contributed by atoms with Crippen LogP contribution in [0, 0.1) is 0 Å². The summed E-state index contributed by atoms with van der Waals surface area (Å²) >= 11 is 0. The number of ether oxygens (including phenoxy) is 2. The van der Waals surface area contributed by atoms with Crippen LogP contribution in [0.3, 0.4) is 0 Å². The maximum atomic E-state index is 12.6. The van der Waals surface area contributed by atoms with Gasteiger partial charge in [-0.2, -0.15) is 0 Å². The van der Waals surface area contributed by atoms with Crippen LogP contribution in [0.4, 0.5) is 5.69 Å². The van der Waals surface area contributed by atoms with Crippen LogP contribution in [-0.2, 0) is 0 Å². The van der Waals surface area contributed by atoms with E-state index in [0.29, 0.717) is 23.4 Å². The first kappa shape index (κ1) is 15.9. The molecule has 1 atom stereocenters. The molecule has 0 aliphatic heterocycles. The fraction of sp³-hybridized carbons (Fsp3) is 0.278. The number of rotatable bonds is 7. The summed E-state index contributed by atoms with van der Waals surface area (Å²) in [6.45, 7) is 2.02. The predicted octanol–water partition coefficient (Wildman–Crippen LogP) is 3.71. The summed E-state index contributed by atoms with van der Waals surface area (Å²) in [5.74, 6) is 1.30. The first-order chi connectivity index (χ1) is 10.6. The van der Waals surface area contributed by atoms with Gasteiger partial charge in [0.2, 0.25) is 5.78 Å². The molecule has 0 aliphatic carbocycles. The van der Waals surface area contributed by atoms with Crippen LogP contribution in [0.15, 0.2) is 48.5 Å². The minimum Gasteiger partial charge on any atom is -0.497 e. The van der Waals surface area contributed by atoms with Crippen LogP contribution in [0.1, 0.15) is 30.1 Å². The summed E-state index contributed by atoms with van der Waals surface area (Å²) < 4.78 is 11.0.